The first kappa shape index (κ1) is 13.5. The summed E-state index contributed by atoms with van der Waals surface area (Å²) in [7, 11) is 1.85. The molecule has 18 heavy (non-hydrogen) atoms. The zero-order valence-corrected chi connectivity index (χ0v) is 12.1. The van der Waals surface area contributed by atoms with E-state index in [0.717, 1.165) is 15.6 Å². The highest BCUT2D eigenvalue weighted by Crippen LogP contribution is 2.29. The third-order valence-corrected chi connectivity index (χ3v) is 3.96. The SMILES string of the molecule is CNC(c1cccc(F)c1)c1ccc(Cl)c(Br)c1. The lowest BCUT2D eigenvalue weighted by atomic mass is 9.99. The number of halogens is 3. The normalized spacial score (nSPS) is 12.4. The fraction of sp³-hybridized carbons (Fsp3) is 0.143. The first-order valence-corrected chi connectivity index (χ1v) is 6.66. The lowest BCUT2D eigenvalue weighted by molar-refractivity contribution is 0.616. The van der Waals surface area contributed by atoms with E-state index in [-0.39, 0.29) is 11.9 Å². The minimum Gasteiger partial charge on any atom is -0.309 e. The topological polar surface area (TPSA) is 12.0 Å². The van der Waals surface area contributed by atoms with Crippen LogP contribution < -0.4 is 5.32 Å². The van der Waals surface area contributed by atoms with Crippen molar-refractivity contribution < 1.29 is 4.39 Å². The summed E-state index contributed by atoms with van der Waals surface area (Å²) in [4.78, 5) is 0. The highest BCUT2D eigenvalue weighted by Gasteiger charge is 2.13. The number of benzene rings is 2. The smallest absolute Gasteiger partial charge is 0.123 e. The Balaban J connectivity index is 2.42. The van der Waals surface area contributed by atoms with E-state index in [9.17, 15) is 4.39 Å². The molecule has 1 atom stereocenters. The van der Waals surface area contributed by atoms with Gasteiger partial charge in [-0.1, -0.05) is 29.8 Å². The van der Waals surface area contributed by atoms with E-state index in [1.807, 2.05) is 31.3 Å². The van der Waals surface area contributed by atoms with E-state index < -0.39 is 0 Å². The maximum atomic E-state index is 13.3. The van der Waals surface area contributed by atoms with Gasteiger partial charge in [-0.3, -0.25) is 0 Å². The van der Waals surface area contributed by atoms with E-state index in [2.05, 4.69) is 21.2 Å². The van der Waals surface area contributed by atoms with Crippen LogP contribution in [0, 0.1) is 5.82 Å². The molecule has 0 aliphatic carbocycles. The van der Waals surface area contributed by atoms with Gasteiger partial charge in [0.1, 0.15) is 5.82 Å². The van der Waals surface area contributed by atoms with Crippen molar-refractivity contribution in [3.05, 3.63) is 68.9 Å². The van der Waals surface area contributed by atoms with Gasteiger partial charge >= 0.3 is 0 Å². The van der Waals surface area contributed by atoms with Crippen LogP contribution in [0.5, 0.6) is 0 Å². The molecule has 0 fully saturated rings. The zero-order chi connectivity index (χ0) is 13.1. The predicted molar refractivity (Wildman–Crippen MR) is 76.5 cm³/mol. The molecule has 0 bridgehead atoms. The minimum atomic E-state index is -0.235. The van der Waals surface area contributed by atoms with Crippen LogP contribution in [0.15, 0.2) is 46.9 Å². The fourth-order valence-electron chi connectivity index (χ4n) is 1.90. The second-order valence-corrected chi connectivity index (χ2v) is 5.21. The molecule has 2 aromatic rings. The van der Waals surface area contributed by atoms with Gasteiger partial charge in [-0.2, -0.15) is 0 Å². The van der Waals surface area contributed by atoms with Crippen LogP contribution in [0.25, 0.3) is 0 Å². The van der Waals surface area contributed by atoms with Crippen LogP contribution in [0.2, 0.25) is 5.02 Å². The maximum Gasteiger partial charge on any atom is 0.123 e. The monoisotopic (exact) mass is 327 g/mol. The van der Waals surface area contributed by atoms with Gasteiger partial charge in [-0.05, 0) is 58.4 Å². The van der Waals surface area contributed by atoms with Crippen LogP contribution in [-0.4, -0.2) is 7.05 Å². The van der Waals surface area contributed by atoms with E-state index >= 15 is 0 Å². The summed E-state index contributed by atoms with van der Waals surface area (Å²) in [6.45, 7) is 0. The van der Waals surface area contributed by atoms with Crippen molar-refractivity contribution >= 4 is 27.5 Å². The number of nitrogens with one attached hydrogen (secondary N) is 1. The van der Waals surface area contributed by atoms with Crippen molar-refractivity contribution in [2.75, 3.05) is 7.05 Å². The summed E-state index contributed by atoms with van der Waals surface area (Å²) in [6, 6.07) is 12.2. The molecule has 1 nitrogen and oxygen atoms in total. The summed E-state index contributed by atoms with van der Waals surface area (Å²) in [5, 5.41) is 3.84. The van der Waals surface area contributed by atoms with Gasteiger partial charge in [0, 0.05) is 4.47 Å². The van der Waals surface area contributed by atoms with Crippen LogP contribution in [0.4, 0.5) is 4.39 Å². The van der Waals surface area contributed by atoms with Crippen LogP contribution >= 0.6 is 27.5 Å². The maximum absolute atomic E-state index is 13.3. The number of rotatable bonds is 3. The Bertz CT molecular complexity index is 559. The highest BCUT2D eigenvalue weighted by atomic mass is 79.9. The second-order valence-electron chi connectivity index (χ2n) is 3.95. The molecule has 0 radical (unpaired) electrons. The molecule has 0 amide bonds. The summed E-state index contributed by atoms with van der Waals surface area (Å²) in [5.74, 6) is -0.235. The number of hydrogen-bond donors (Lipinski definition) is 1. The molecule has 2 rings (SSSR count). The highest BCUT2D eigenvalue weighted by molar-refractivity contribution is 9.10. The van der Waals surface area contributed by atoms with Crippen molar-refractivity contribution in [2.24, 2.45) is 0 Å². The first-order chi connectivity index (χ1) is 8.61. The molecule has 0 spiro atoms. The van der Waals surface area contributed by atoms with Crippen LogP contribution in [0.3, 0.4) is 0 Å². The Morgan fingerprint density at radius 3 is 2.50 bits per heavy atom. The largest absolute Gasteiger partial charge is 0.309 e. The Hall–Kier alpha value is -0.900. The molecular formula is C14H12BrClFN. The molecule has 94 valence electrons. The van der Waals surface area contributed by atoms with Gasteiger partial charge in [0.05, 0.1) is 11.1 Å². The Morgan fingerprint density at radius 1 is 1.17 bits per heavy atom. The quantitative estimate of drug-likeness (QED) is 0.871. The van der Waals surface area contributed by atoms with Gasteiger partial charge in [0.2, 0.25) is 0 Å². The fourth-order valence-corrected chi connectivity index (χ4v) is 2.42. The molecular weight excluding hydrogens is 317 g/mol. The van der Waals surface area contributed by atoms with Gasteiger partial charge in [-0.25, -0.2) is 4.39 Å². The number of hydrogen-bond acceptors (Lipinski definition) is 1. The third kappa shape index (κ3) is 2.91. The predicted octanol–water partition coefficient (Wildman–Crippen LogP) is 4.55. The lowest BCUT2D eigenvalue weighted by Crippen LogP contribution is -2.17. The second kappa shape index (κ2) is 5.83. The van der Waals surface area contributed by atoms with Crippen molar-refractivity contribution in [1.29, 1.82) is 0 Å². The van der Waals surface area contributed by atoms with E-state index in [1.165, 1.54) is 12.1 Å². The first-order valence-electron chi connectivity index (χ1n) is 5.49. The van der Waals surface area contributed by atoms with Gasteiger partial charge in [0.15, 0.2) is 0 Å². The van der Waals surface area contributed by atoms with Crippen molar-refractivity contribution in [2.45, 2.75) is 6.04 Å². The summed E-state index contributed by atoms with van der Waals surface area (Å²) >= 11 is 9.37. The molecule has 0 saturated heterocycles. The molecule has 0 aromatic heterocycles. The zero-order valence-electron chi connectivity index (χ0n) is 9.75. The van der Waals surface area contributed by atoms with E-state index in [0.29, 0.717) is 5.02 Å². The average molecular weight is 329 g/mol. The molecule has 0 aliphatic rings. The molecule has 2 aromatic carbocycles. The van der Waals surface area contributed by atoms with Gasteiger partial charge in [0.25, 0.3) is 0 Å². The summed E-state index contributed by atoms with van der Waals surface area (Å²) < 4.78 is 14.1. The van der Waals surface area contributed by atoms with Crippen molar-refractivity contribution in [1.82, 2.24) is 5.32 Å². The lowest BCUT2D eigenvalue weighted by Gasteiger charge is -2.18. The van der Waals surface area contributed by atoms with Crippen LogP contribution in [-0.2, 0) is 0 Å². The summed E-state index contributed by atoms with van der Waals surface area (Å²) in [5.41, 5.74) is 1.91. The van der Waals surface area contributed by atoms with Gasteiger partial charge < -0.3 is 5.32 Å². The molecule has 0 saturated carbocycles. The molecule has 0 heterocycles. The summed E-state index contributed by atoms with van der Waals surface area (Å²) in [6.07, 6.45) is 0. The van der Waals surface area contributed by atoms with E-state index in [4.69, 9.17) is 11.6 Å². The van der Waals surface area contributed by atoms with Crippen LogP contribution in [0.1, 0.15) is 17.2 Å². The minimum absolute atomic E-state index is 0.0609. The Labute approximate surface area is 119 Å². The van der Waals surface area contributed by atoms with Crippen molar-refractivity contribution in [3.8, 4) is 0 Å². The van der Waals surface area contributed by atoms with Crippen molar-refractivity contribution in [3.63, 3.8) is 0 Å². The van der Waals surface area contributed by atoms with Gasteiger partial charge in [-0.15, -0.1) is 0 Å². The average Bonchev–Trinajstić information content (AvgIpc) is 2.35. The molecule has 1 unspecified atom stereocenters. The molecule has 1 N–H and O–H groups in total. The third-order valence-electron chi connectivity index (χ3n) is 2.75. The molecule has 4 heteroatoms. The Morgan fingerprint density at radius 2 is 1.89 bits per heavy atom. The Kier molecular flexibility index (Phi) is 4.38. The van der Waals surface area contributed by atoms with E-state index in [1.54, 1.807) is 6.07 Å². The molecule has 0 aliphatic heterocycles. The standard InChI is InChI=1S/C14H12BrClFN/c1-18-14(9-3-2-4-11(17)7-9)10-5-6-13(16)12(15)8-10/h2-8,14,18H,1H3.